The van der Waals surface area contributed by atoms with Crippen LogP contribution in [0.4, 0.5) is 0 Å². The summed E-state index contributed by atoms with van der Waals surface area (Å²) in [5.74, 6) is -4.58. The van der Waals surface area contributed by atoms with Crippen LogP contribution in [0.25, 0.3) is 0 Å². The quantitative estimate of drug-likeness (QED) is 0.565. The number of amides is 1. The van der Waals surface area contributed by atoms with Gasteiger partial charge in [-0.2, -0.15) is 0 Å². The molecule has 0 heterocycles. The number of primary amides is 1. The maximum atomic E-state index is 12.2. The highest BCUT2D eigenvalue weighted by Gasteiger charge is 2.38. The van der Waals surface area contributed by atoms with E-state index in [2.05, 4.69) is 0 Å². The molecule has 20 heavy (non-hydrogen) atoms. The summed E-state index contributed by atoms with van der Waals surface area (Å²) in [6.07, 6.45) is 0. The lowest BCUT2D eigenvalue weighted by molar-refractivity contribution is -0.128. The molecule has 5 nitrogen and oxygen atoms in total. The van der Waals surface area contributed by atoms with Crippen molar-refractivity contribution < 1.29 is 19.8 Å². The third-order valence-electron chi connectivity index (χ3n) is 2.92. The Kier molecular flexibility index (Phi) is 3.65. The van der Waals surface area contributed by atoms with Gasteiger partial charge in [-0.1, -0.05) is 48.5 Å². The van der Waals surface area contributed by atoms with Crippen LogP contribution in [0.3, 0.4) is 0 Å². The van der Waals surface area contributed by atoms with Crippen LogP contribution >= 0.6 is 0 Å². The van der Waals surface area contributed by atoms with Crippen LogP contribution in [0.1, 0.15) is 26.3 Å². The van der Waals surface area contributed by atoms with Gasteiger partial charge < -0.3 is 15.9 Å². The number of Topliss-reactive ketones (excluding diaryl/α,β-unsaturated/α-hetero) is 1. The molecule has 0 bridgehead atoms. The highest BCUT2D eigenvalue weighted by molar-refractivity contribution is 6.04. The molecule has 2 aromatic carbocycles. The molecule has 0 atom stereocenters. The van der Waals surface area contributed by atoms with E-state index in [9.17, 15) is 19.8 Å². The summed E-state index contributed by atoms with van der Waals surface area (Å²) >= 11 is 0. The number of nitrogens with two attached hydrogens (primary N) is 1. The molecule has 0 fully saturated rings. The topological polar surface area (TPSA) is 101 Å². The highest BCUT2D eigenvalue weighted by Crippen LogP contribution is 2.26. The fourth-order valence-corrected chi connectivity index (χ4v) is 1.92. The van der Waals surface area contributed by atoms with E-state index in [0.717, 1.165) is 0 Å². The van der Waals surface area contributed by atoms with Crippen LogP contribution in [-0.4, -0.2) is 21.9 Å². The molecule has 0 saturated heterocycles. The van der Waals surface area contributed by atoms with E-state index in [0.29, 0.717) is 0 Å². The Morgan fingerprint density at radius 2 is 1.45 bits per heavy atom. The summed E-state index contributed by atoms with van der Waals surface area (Å²) in [6.45, 7) is 0. The van der Waals surface area contributed by atoms with Gasteiger partial charge in [-0.05, 0) is 6.07 Å². The number of ketones is 1. The summed E-state index contributed by atoms with van der Waals surface area (Å²) in [5.41, 5.74) is 4.96. The fraction of sp³-hybridized carbons (Fsp3) is 0.0667. The monoisotopic (exact) mass is 271 g/mol. The second kappa shape index (κ2) is 5.24. The first-order valence-corrected chi connectivity index (χ1v) is 5.88. The Bertz CT molecular complexity index is 650. The van der Waals surface area contributed by atoms with Crippen LogP contribution < -0.4 is 5.73 Å². The molecule has 0 aliphatic carbocycles. The summed E-state index contributed by atoms with van der Waals surface area (Å²) in [6, 6.07) is 13.4. The minimum atomic E-state index is -2.81. The predicted octanol–water partition coefficient (Wildman–Crippen LogP) is 0.806. The van der Waals surface area contributed by atoms with Crippen molar-refractivity contribution in [2.45, 2.75) is 5.79 Å². The van der Waals surface area contributed by atoms with E-state index in [1.165, 1.54) is 36.4 Å². The first-order chi connectivity index (χ1) is 9.44. The van der Waals surface area contributed by atoms with Gasteiger partial charge in [0.1, 0.15) is 0 Å². The highest BCUT2D eigenvalue weighted by atomic mass is 16.5. The van der Waals surface area contributed by atoms with Crippen LogP contribution in [0.2, 0.25) is 0 Å². The van der Waals surface area contributed by atoms with Crippen molar-refractivity contribution >= 4 is 11.7 Å². The van der Waals surface area contributed by atoms with E-state index in [4.69, 9.17) is 5.73 Å². The number of aliphatic hydroxyl groups is 2. The number of carbonyl (C=O) groups excluding carboxylic acids is 2. The van der Waals surface area contributed by atoms with E-state index < -0.39 is 17.5 Å². The van der Waals surface area contributed by atoms with Gasteiger partial charge in [0.2, 0.25) is 11.7 Å². The van der Waals surface area contributed by atoms with Gasteiger partial charge >= 0.3 is 0 Å². The molecule has 0 radical (unpaired) electrons. The smallest absolute Gasteiger partial charge is 0.257 e. The fourth-order valence-electron chi connectivity index (χ4n) is 1.92. The molecule has 5 heteroatoms. The summed E-state index contributed by atoms with van der Waals surface area (Å²) < 4.78 is 0. The van der Waals surface area contributed by atoms with Gasteiger partial charge in [-0.15, -0.1) is 0 Å². The lowest BCUT2D eigenvalue weighted by Gasteiger charge is -2.22. The molecule has 0 spiro atoms. The van der Waals surface area contributed by atoms with Crippen molar-refractivity contribution in [3.8, 4) is 0 Å². The zero-order valence-electron chi connectivity index (χ0n) is 10.5. The van der Waals surface area contributed by atoms with E-state index in [1.54, 1.807) is 18.2 Å². The molecule has 1 amide bonds. The van der Waals surface area contributed by atoms with Crippen molar-refractivity contribution in [2.75, 3.05) is 0 Å². The minimum Gasteiger partial charge on any atom is -0.366 e. The zero-order chi connectivity index (χ0) is 14.8. The van der Waals surface area contributed by atoms with Crippen molar-refractivity contribution in [3.05, 3.63) is 71.3 Å². The molecule has 0 aliphatic rings. The van der Waals surface area contributed by atoms with Crippen molar-refractivity contribution in [1.82, 2.24) is 0 Å². The lowest BCUT2D eigenvalue weighted by atomic mass is 9.92. The van der Waals surface area contributed by atoms with Crippen LogP contribution in [-0.2, 0) is 5.79 Å². The summed E-state index contributed by atoms with van der Waals surface area (Å²) in [7, 11) is 0. The average Bonchev–Trinajstić information content (AvgIpc) is 2.47. The third kappa shape index (κ3) is 2.45. The second-order valence-electron chi connectivity index (χ2n) is 4.28. The van der Waals surface area contributed by atoms with Gasteiger partial charge in [0.25, 0.3) is 5.79 Å². The number of hydrogen-bond acceptors (Lipinski definition) is 4. The Hall–Kier alpha value is -2.50. The molecule has 0 saturated carbocycles. The molecule has 2 rings (SSSR count). The van der Waals surface area contributed by atoms with Gasteiger partial charge in [0, 0.05) is 16.7 Å². The normalized spacial score (nSPS) is 11.1. The first-order valence-electron chi connectivity index (χ1n) is 5.88. The number of carbonyl (C=O) groups is 2. The van der Waals surface area contributed by atoms with Gasteiger partial charge in [-0.3, -0.25) is 9.59 Å². The van der Waals surface area contributed by atoms with Gasteiger partial charge in [0.15, 0.2) is 0 Å². The molecule has 0 aromatic heterocycles. The SMILES string of the molecule is NC(=O)c1ccccc1C(O)(O)C(=O)c1ccccc1. The number of hydrogen-bond donors (Lipinski definition) is 3. The Morgan fingerprint density at radius 1 is 0.900 bits per heavy atom. The maximum absolute atomic E-state index is 12.2. The van der Waals surface area contributed by atoms with Crippen LogP contribution in [0.5, 0.6) is 0 Å². The molecule has 0 unspecified atom stereocenters. The largest absolute Gasteiger partial charge is 0.366 e. The summed E-state index contributed by atoms with van der Waals surface area (Å²) in [5, 5.41) is 20.3. The summed E-state index contributed by atoms with van der Waals surface area (Å²) in [4.78, 5) is 23.5. The van der Waals surface area contributed by atoms with Crippen molar-refractivity contribution in [2.24, 2.45) is 5.73 Å². The van der Waals surface area contributed by atoms with Crippen molar-refractivity contribution in [1.29, 1.82) is 0 Å². The van der Waals surface area contributed by atoms with E-state index >= 15 is 0 Å². The average molecular weight is 271 g/mol. The Labute approximate surface area is 115 Å². The molecule has 2 aromatic rings. The molecule has 0 aliphatic heterocycles. The minimum absolute atomic E-state index is 0.109. The van der Waals surface area contributed by atoms with Gasteiger partial charge in [-0.25, -0.2) is 0 Å². The Balaban J connectivity index is 2.51. The van der Waals surface area contributed by atoms with Gasteiger partial charge in [0.05, 0.1) is 0 Å². The zero-order valence-corrected chi connectivity index (χ0v) is 10.5. The molecule has 102 valence electrons. The number of rotatable bonds is 4. The van der Waals surface area contributed by atoms with E-state index in [-0.39, 0.29) is 16.7 Å². The molecular formula is C15H13NO4. The third-order valence-corrected chi connectivity index (χ3v) is 2.92. The Morgan fingerprint density at radius 3 is 2.05 bits per heavy atom. The molecular weight excluding hydrogens is 258 g/mol. The standard InChI is InChI=1S/C15H13NO4/c16-14(18)11-8-4-5-9-12(11)15(19,20)13(17)10-6-2-1-3-7-10/h1-9,19-20H,(H2,16,18). The first kappa shape index (κ1) is 13.9. The maximum Gasteiger partial charge on any atom is 0.257 e. The van der Waals surface area contributed by atoms with Crippen molar-refractivity contribution in [3.63, 3.8) is 0 Å². The van der Waals surface area contributed by atoms with Crippen LogP contribution in [0, 0.1) is 0 Å². The van der Waals surface area contributed by atoms with E-state index in [1.807, 2.05) is 0 Å². The lowest BCUT2D eigenvalue weighted by Crippen LogP contribution is -2.37. The molecule has 4 N–H and O–H groups in total. The predicted molar refractivity (Wildman–Crippen MR) is 71.8 cm³/mol. The number of benzene rings is 2. The second-order valence-corrected chi connectivity index (χ2v) is 4.28. The van der Waals surface area contributed by atoms with Crippen LogP contribution in [0.15, 0.2) is 54.6 Å².